The molecule has 0 aliphatic heterocycles. The van der Waals surface area contributed by atoms with Crippen molar-refractivity contribution in [2.24, 2.45) is 0 Å². The summed E-state index contributed by atoms with van der Waals surface area (Å²) < 4.78 is 45.0. The fourth-order valence-corrected chi connectivity index (χ4v) is 4.05. The number of hydrogen-bond acceptors (Lipinski definition) is 5. The van der Waals surface area contributed by atoms with Crippen LogP contribution < -0.4 is 9.64 Å². The molecule has 0 aliphatic carbocycles. The minimum Gasteiger partial charge on any atom is -0.508 e. The van der Waals surface area contributed by atoms with Crippen LogP contribution in [0.25, 0.3) is 11.1 Å². The number of hydrogen-bond donors (Lipinski definition) is 1. The molecule has 208 valence electrons. The second-order valence-corrected chi connectivity index (χ2v) is 10.1. The molecule has 0 fully saturated rings. The van der Waals surface area contributed by atoms with E-state index in [1.807, 2.05) is 41.3 Å². The molecule has 0 amide bonds. The molecule has 0 aliphatic rings. The summed E-state index contributed by atoms with van der Waals surface area (Å²) in [5, 5.41) is 9.56. The number of nitrogens with zero attached hydrogens (tertiary/aromatic N) is 2. The van der Waals surface area contributed by atoms with Crippen LogP contribution in [0.5, 0.6) is 11.5 Å². The number of halogens is 3. The predicted molar refractivity (Wildman–Crippen MR) is 149 cm³/mol. The van der Waals surface area contributed by atoms with Crippen molar-refractivity contribution in [1.82, 2.24) is 4.98 Å². The van der Waals surface area contributed by atoms with Gasteiger partial charge < -0.3 is 14.7 Å². The number of pyridine rings is 1. The van der Waals surface area contributed by atoms with Gasteiger partial charge >= 0.3 is 6.18 Å². The normalized spacial score (nSPS) is 11.8. The molecular weight excluding hydrogens is 517 g/mol. The Bertz CT molecular complexity index is 1420. The lowest BCUT2D eigenvalue weighted by atomic mass is 10.0. The lowest BCUT2D eigenvalue weighted by Gasteiger charge is -2.25. The van der Waals surface area contributed by atoms with Gasteiger partial charge in [-0.25, -0.2) is 4.98 Å². The molecule has 4 aromatic rings. The van der Waals surface area contributed by atoms with Crippen molar-refractivity contribution in [2.75, 3.05) is 11.4 Å². The molecule has 1 heterocycles. The second-order valence-electron chi connectivity index (χ2n) is 10.1. The van der Waals surface area contributed by atoms with E-state index < -0.39 is 17.3 Å². The van der Waals surface area contributed by atoms with Gasteiger partial charge in [0.2, 0.25) is 0 Å². The number of rotatable bonds is 10. The van der Waals surface area contributed by atoms with Crippen molar-refractivity contribution in [3.8, 4) is 22.6 Å². The summed E-state index contributed by atoms with van der Waals surface area (Å²) >= 11 is 0. The number of alkyl halides is 3. The van der Waals surface area contributed by atoms with E-state index in [0.717, 1.165) is 34.4 Å². The summed E-state index contributed by atoms with van der Waals surface area (Å²) in [6.07, 6.45) is -2.00. The number of phenolic OH excluding ortho intramolecular Hbond substituents is 1. The molecule has 0 spiro atoms. The van der Waals surface area contributed by atoms with Gasteiger partial charge in [-0.1, -0.05) is 36.4 Å². The smallest absolute Gasteiger partial charge is 0.416 e. The van der Waals surface area contributed by atoms with Gasteiger partial charge in [-0.2, -0.15) is 13.2 Å². The molecular formula is C32H31F3N2O3. The van der Waals surface area contributed by atoms with Gasteiger partial charge in [0.1, 0.15) is 17.3 Å². The maximum atomic E-state index is 13.1. The van der Waals surface area contributed by atoms with Gasteiger partial charge in [-0.3, -0.25) is 4.79 Å². The number of ketones is 1. The molecule has 4 rings (SSSR count). The van der Waals surface area contributed by atoms with Gasteiger partial charge in [0.05, 0.1) is 5.56 Å². The Morgan fingerprint density at radius 1 is 0.850 bits per heavy atom. The molecule has 8 heteroatoms. The Kier molecular flexibility index (Phi) is 8.47. The van der Waals surface area contributed by atoms with E-state index in [4.69, 9.17) is 4.74 Å². The van der Waals surface area contributed by atoms with Crippen LogP contribution in [0, 0.1) is 0 Å². The highest BCUT2D eigenvalue weighted by Crippen LogP contribution is 2.30. The predicted octanol–water partition coefficient (Wildman–Crippen LogP) is 7.47. The molecule has 0 radical (unpaired) electrons. The maximum Gasteiger partial charge on any atom is 0.416 e. The first-order valence-electron chi connectivity index (χ1n) is 12.9. The lowest BCUT2D eigenvalue weighted by molar-refractivity contribution is -0.137. The van der Waals surface area contributed by atoms with E-state index in [1.54, 1.807) is 44.3 Å². The number of ether oxygens (including phenoxy) is 1. The molecule has 1 aromatic heterocycles. The van der Waals surface area contributed by atoms with Crippen LogP contribution in [0.2, 0.25) is 0 Å². The SMILES string of the molecule is CC(=O)C(C)(C)Oc1ccc(CCN(Cc2ccc(C(F)(F)F)cc2)c2ccc(-c3ccc(O)cc3)cn2)cc1. The van der Waals surface area contributed by atoms with Crippen LogP contribution in [0.4, 0.5) is 19.0 Å². The summed E-state index contributed by atoms with van der Waals surface area (Å²) in [6, 6.07) is 23.3. The molecule has 1 N–H and O–H groups in total. The van der Waals surface area contributed by atoms with E-state index in [2.05, 4.69) is 4.98 Å². The van der Waals surface area contributed by atoms with Gasteiger partial charge in [0, 0.05) is 24.8 Å². The number of carbonyl (C=O) groups is 1. The minimum absolute atomic E-state index is 0.0700. The van der Waals surface area contributed by atoms with Crippen molar-refractivity contribution in [3.63, 3.8) is 0 Å². The third kappa shape index (κ3) is 7.40. The Morgan fingerprint density at radius 2 is 1.45 bits per heavy atom. The second kappa shape index (κ2) is 11.8. The summed E-state index contributed by atoms with van der Waals surface area (Å²) in [4.78, 5) is 18.4. The van der Waals surface area contributed by atoms with E-state index in [1.165, 1.54) is 19.1 Å². The number of aromatic hydroxyl groups is 1. The molecule has 40 heavy (non-hydrogen) atoms. The summed E-state index contributed by atoms with van der Waals surface area (Å²) in [7, 11) is 0. The molecule has 0 bridgehead atoms. The zero-order valence-electron chi connectivity index (χ0n) is 22.6. The number of Topliss-reactive ketones (excluding diaryl/α,β-unsaturated/α-hetero) is 1. The third-order valence-corrected chi connectivity index (χ3v) is 6.74. The number of phenols is 1. The number of aromatic nitrogens is 1. The Labute approximate surface area is 231 Å². The Hall–Kier alpha value is -4.33. The van der Waals surface area contributed by atoms with Crippen molar-refractivity contribution >= 4 is 11.6 Å². The van der Waals surface area contributed by atoms with E-state index >= 15 is 0 Å². The van der Waals surface area contributed by atoms with E-state index in [0.29, 0.717) is 31.1 Å². The number of anilines is 1. The first kappa shape index (κ1) is 28.7. The summed E-state index contributed by atoms with van der Waals surface area (Å²) in [5.74, 6) is 1.39. The fraction of sp³-hybridized carbons (Fsp3) is 0.250. The maximum absolute atomic E-state index is 13.1. The average molecular weight is 549 g/mol. The van der Waals surface area contributed by atoms with Crippen LogP contribution in [0.15, 0.2) is 91.1 Å². The quantitative estimate of drug-likeness (QED) is 0.223. The summed E-state index contributed by atoms with van der Waals surface area (Å²) in [5.41, 5.74) is 1.94. The van der Waals surface area contributed by atoms with Gasteiger partial charge in [0.15, 0.2) is 11.4 Å². The number of benzene rings is 3. The molecule has 0 atom stereocenters. The zero-order chi connectivity index (χ0) is 28.9. The van der Waals surface area contributed by atoms with Crippen molar-refractivity contribution < 1.29 is 27.8 Å². The standard InChI is InChI=1S/C32H31F3N2O3/c1-22(38)31(2,3)40-29-15-6-23(7-16-29)18-19-37(21-24-4-11-27(12-5-24)32(33,34)35)30-17-10-26(20-36-30)25-8-13-28(39)14-9-25/h4-17,20,39H,18-19,21H2,1-3H3. The monoisotopic (exact) mass is 548 g/mol. The van der Waals surface area contributed by atoms with Crippen LogP contribution in [-0.2, 0) is 23.9 Å². The van der Waals surface area contributed by atoms with Crippen LogP contribution in [0.3, 0.4) is 0 Å². The molecule has 5 nitrogen and oxygen atoms in total. The molecule has 0 saturated carbocycles. The fourth-order valence-electron chi connectivity index (χ4n) is 4.05. The van der Waals surface area contributed by atoms with Crippen molar-refractivity contribution in [1.29, 1.82) is 0 Å². The highest BCUT2D eigenvalue weighted by atomic mass is 19.4. The highest BCUT2D eigenvalue weighted by molar-refractivity contribution is 5.84. The van der Waals surface area contributed by atoms with Crippen molar-refractivity contribution in [2.45, 2.75) is 45.5 Å². The van der Waals surface area contributed by atoms with Crippen molar-refractivity contribution in [3.05, 3.63) is 108 Å². The lowest BCUT2D eigenvalue weighted by Crippen LogP contribution is -2.36. The topological polar surface area (TPSA) is 62.7 Å². The first-order valence-corrected chi connectivity index (χ1v) is 12.9. The highest BCUT2D eigenvalue weighted by Gasteiger charge is 2.30. The first-order chi connectivity index (χ1) is 18.9. The Balaban J connectivity index is 1.52. The minimum atomic E-state index is -4.39. The van der Waals surface area contributed by atoms with Gasteiger partial charge in [-0.05, 0) is 92.4 Å². The van der Waals surface area contributed by atoms with Crippen LogP contribution in [0.1, 0.15) is 37.5 Å². The molecule has 0 unspecified atom stereocenters. The molecule has 3 aromatic carbocycles. The molecule has 0 saturated heterocycles. The van der Waals surface area contributed by atoms with E-state index in [9.17, 15) is 23.1 Å². The largest absolute Gasteiger partial charge is 0.508 e. The van der Waals surface area contributed by atoms with E-state index in [-0.39, 0.29) is 11.5 Å². The third-order valence-electron chi connectivity index (χ3n) is 6.74. The van der Waals surface area contributed by atoms with Gasteiger partial charge in [0.25, 0.3) is 0 Å². The Morgan fingerprint density at radius 3 is 2.00 bits per heavy atom. The average Bonchev–Trinajstić information content (AvgIpc) is 2.92. The summed E-state index contributed by atoms with van der Waals surface area (Å²) in [6.45, 7) is 5.87. The number of carbonyl (C=O) groups excluding carboxylic acids is 1. The van der Waals surface area contributed by atoms with Crippen LogP contribution >= 0.6 is 0 Å². The van der Waals surface area contributed by atoms with Crippen LogP contribution in [-0.4, -0.2) is 28.0 Å². The zero-order valence-corrected chi connectivity index (χ0v) is 22.6. The van der Waals surface area contributed by atoms with Gasteiger partial charge in [-0.15, -0.1) is 0 Å².